The van der Waals surface area contributed by atoms with Crippen LogP contribution in [0.15, 0.2) is 42.5 Å². The highest BCUT2D eigenvalue weighted by atomic mass is 32.2. The minimum Gasteiger partial charge on any atom is -0.508 e. The first-order valence-corrected chi connectivity index (χ1v) is 19.8. The molecular weight excluding hydrogens is 659 g/mol. The molecule has 3 fully saturated rings. The van der Waals surface area contributed by atoms with E-state index in [2.05, 4.69) is 5.32 Å². The molecule has 2 aromatic carbocycles. The van der Waals surface area contributed by atoms with Crippen LogP contribution in [-0.2, 0) is 32.4 Å². The number of carbonyl (C=O) groups excluding carboxylic acids is 3. The molecule has 6 rings (SSSR count). The third-order valence-corrected chi connectivity index (χ3v) is 13.2. The Morgan fingerprint density at radius 2 is 1.54 bits per heavy atom. The van der Waals surface area contributed by atoms with E-state index in [0.29, 0.717) is 76.1 Å². The molecule has 0 saturated carbocycles. The SMILES string of the molecule is CCS(=O)(=O)N1CCC(C2CCN(C(=O)[C@@H](Cc3ccc(O)c(C)c3)OC(=O)N3CCC(N4CCc5ccccc5NC4=O)CC3)CC2)CC1. The van der Waals surface area contributed by atoms with Gasteiger partial charge < -0.3 is 29.9 Å². The lowest BCUT2D eigenvalue weighted by Gasteiger charge is -2.40. The van der Waals surface area contributed by atoms with E-state index < -0.39 is 22.2 Å². The Kier molecular flexibility index (Phi) is 11.2. The largest absolute Gasteiger partial charge is 0.508 e. The van der Waals surface area contributed by atoms with Gasteiger partial charge in [0.05, 0.1) is 5.75 Å². The maximum Gasteiger partial charge on any atom is 0.410 e. The average Bonchev–Trinajstić information content (AvgIpc) is 3.30. The number of benzene rings is 2. The molecule has 4 heterocycles. The van der Waals surface area contributed by atoms with Gasteiger partial charge in [0.25, 0.3) is 5.91 Å². The van der Waals surface area contributed by atoms with Gasteiger partial charge in [-0.25, -0.2) is 22.3 Å². The summed E-state index contributed by atoms with van der Waals surface area (Å²) in [5.41, 5.74) is 3.43. The number of hydrogen-bond donors (Lipinski definition) is 2. The zero-order valence-electron chi connectivity index (χ0n) is 29.3. The number of carbonyl (C=O) groups is 3. The second kappa shape index (κ2) is 15.6. The van der Waals surface area contributed by atoms with E-state index in [1.807, 2.05) is 35.2 Å². The second-order valence-electron chi connectivity index (χ2n) is 14.2. The highest BCUT2D eigenvalue weighted by molar-refractivity contribution is 7.89. The van der Waals surface area contributed by atoms with E-state index in [0.717, 1.165) is 48.9 Å². The average molecular weight is 710 g/mol. The van der Waals surface area contributed by atoms with E-state index in [1.54, 1.807) is 40.1 Å². The monoisotopic (exact) mass is 709 g/mol. The first-order valence-electron chi connectivity index (χ1n) is 18.2. The number of phenolic OH excluding ortho intramolecular Hbond substituents is 1. The highest BCUT2D eigenvalue weighted by Crippen LogP contribution is 2.34. The highest BCUT2D eigenvalue weighted by Gasteiger charge is 2.37. The molecular formula is C37H51N5O7S. The van der Waals surface area contributed by atoms with Crippen molar-refractivity contribution in [3.63, 3.8) is 0 Å². The summed E-state index contributed by atoms with van der Waals surface area (Å²) < 4.78 is 32.3. The van der Waals surface area contributed by atoms with Crippen molar-refractivity contribution in [2.75, 3.05) is 56.9 Å². The van der Waals surface area contributed by atoms with Gasteiger partial charge in [0.15, 0.2) is 6.10 Å². The van der Waals surface area contributed by atoms with Gasteiger partial charge in [-0.2, -0.15) is 0 Å². The molecule has 50 heavy (non-hydrogen) atoms. The molecule has 0 unspecified atom stereocenters. The minimum atomic E-state index is -3.17. The van der Waals surface area contributed by atoms with E-state index in [-0.39, 0.29) is 35.9 Å². The Hall–Kier alpha value is -3.84. The number of rotatable bonds is 8. The lowest BCUT2D eigenvalue weighted by atomic mass is 9.79. The molecule has 2 aromatic rings. The van der Waals surface area contributed by atoms with Gasteiger partial charge in [-0.1, -0.05) is 30.3 Å². The van der Waals surface area contributed by atoms with Gasteiger partial charge in [-0.3, -0.25) is 4.79 Å². The molecule has 0 aromatic heterocycles. The van der Waals surface area contributed by atoms with Gasteiger partial charge >= 0.3 is 12.1 Å². The van der Waals surface area contributed by atoms with Crippen molar-refractivity contribution in [2.45, 2.75) is 77.4 Å². The zero-order chi connectivity index (χ0) is 35.4. The predicted molar refractivity (Wildman–Crippen MR) is 190 cm³/mol. The number of nitrogens with zero attached hydrogens (tertiary/aromatic N) is 4. The van der Waals surface area contributed by atoms with Crippen molar-refractivity contribution in [1.29, 1.82) is 0 Å². The number of aryl methyl sites for hydroxylation is 1. The number of anilines is 1. The van der Waals surface area contributed by atoms with Crippen molar-refractivity contribution >= 4 is 33.7 Å². The number of hydrogen-bond acceptors (Lipinski definition) is 7. The summed E-state index contributed by atoms with van der Waals surface area (Å²) in [6.07, 6.45) is 3.98. The van der Waals surface area contributed by atoms with Crippen molar-refractivity contribution in [2.24, 2.45) is 11.8 Å². The number of sulfonamides is 1. The summed E-state index contributed by atoms with van der Waals surface area (Å²) in [7, 11) is -3.17. The molecule has 0 radical (unpaired) electrons. The van der Waals surface area contributed by atoms with Crippen molar-refractivity contribution in [3.8, 4) is 5.75 Å². The summed E-state index contributed by atoms with van der Waals surface area (Å²) in [5.74, 6) is 0.926. The molecule has 12 nitrogen and oxygen atoms in total. The number of ether oxygens (including phenoxy) is 1. The normalized spacial score (nSPS) is 20.9. The van der Waals surface area contributed by atoms with E-state index in [4.69, 9.17) is 4.74 Å². The van der Waals surface area contributed by atoms with Crippen molar-refractivity contribution in [1.82, 2.24) is 19.0 Å². The smallest absolute Gasteiger partial charge is 0.410 e. The van der Waals surface area contributed by atoms with Crippen LogP contribution in [-0.4, -0.2) is 114 Å². The van der Waals surface area contributed by atoms with E-state index >= 15 is 0 Å². The van der Waals surface area contributed by atoms with Gasteiger partial charge in [0.1, 0.15) is 5.75 Å². The zero-order valence-corrected chi connectivity index (χ0v) is 30.1. The maximum atomic E-state index is 14.0. The molecule has 272 valence electrons. The number of fused-ring (bicyclic) bond motifs is 1. The Balaban J connectivity index is 1.05. The standard InChI is InChI=1S/C37H51N5O7S/c1-3-50(47,48)41-21-12-29(13-22-41)28-10-17-39(18-11-28)35(44)34(25-27-8-9-33(43)26(2)24-27)49-37(46)40-19-15-31(16-20-40)42-23-14-30-6-4-5-7-32(30)38-36(42)45/h4-9,24,28-29,31,34,43H,3,10-23,25H2,1-2H3,(H,38,45)/t34-/m1/s1. The summed E-state index contributed by atoms with van der Waals surface area (Å²) in [6.45, 7) is 7.16. The molecule has 2 N–H and O–H groups in total. The molecule has 0 spiro atoms. The fourth-order valence-corrected chi connectivity index (χ4v) is 9.27. The molecule has 0 aliphatic carbocycles. The number of amides is 4. The maximum absolute atomic E-state index is 14.0. The third-order valence-electron chi connectivity index (χ3n) is 11.3. The molecule has 4 aliphatic rings. The molecule has 4 aliphatic heterocycles. The Morgan fingerprint density at radius 1 is 0.900 bits per heavy atom. The van der Waals surface area contributed by atoms with Crippen LogP contribution < -0.4 is 5.32 Å². The molecule has 0 bridgehead atoms. The van der Waals surface area contributed by atoms with Crippen LogP contribution in [0.3, 0.4) is 0 Å². The van der Waals surface area contributed by atoms with Crippen LogP contribution in [0.4, 0.5) is 15.3 Å². The number of aromatic hydroxyl groups is 1. The van der Waals surface area contributed by atoms with Crippen molar-refractivity contribution in [3.05, 3.63) is 59.2 Å². The molecule has 13 heteroatoms. The van der Waals surface area contributed by atoms with Crippen LogP contribution >= 0.6 is 0 Å². The summed E-state index contributed by atoms with van der Waals surface area (Å²) in [5, 5.41) is 13.1. The molecule has 4 amide bonds. The lowest BCUT2D eigenvalue weighted by molar-refractivity contribution is -0.142. The third kappa shape index (κ3) is 8.20. The van der Waals surface area contributed by atoms with Gasteiger partial charge in [0, 0.05) is 64.0 Å². The van der Waals surface area contributed by atoms with E-state index in [9.17, 15) is 27.9 Å². The minimum absolute atomic E-state index is 0.00431. The Bertz CT molecular complexity index is 1640. The quantitative estimate of drug-likeness (QED) is 0.409. The lowest BCUT2D eigenvalue weighted by Crippen LogP contribution is -2.52. The van der Waals surface area contributed by atoms with E-state index in [1.165, 1.54) is 0 Å². The van der Waals surface area contributed by atoms with Crippen molar-refractivity contribution < 1.29 is 32.6 Å². The van der Waals surface area contributed by atoms with Crippen LogP contribution in [0.1, 0.15) is 62.1 Å². The number of phenols is 1. The Morgan fingerprint density at radius 3 is 2.20 bits per heavy atom. The first kappa shape index (κ1) is 36.0. The number of para-hydroxylation sites is 1. The summed E-state index contributed by atoms with van der Waals surface area (Å²) in [6, 6.07) is 12.9. The summed E-state index contributed by atoms with van der Waals surface area (Å²) in [4.78, 5) is 46.0. The second-order valence-corrected chi connectivity index (χ2v) is 16.5. The van der Waals surface area contributed by atoms with Crippen LogP contribution in [0.2, 0.25) is 0 Å². The topological polar surface area (TPSA) is 140 Å². The first-order chi connectivity index (χ1) is 24.0. The fraction of sp³-hybridized carbons (Fsp3) is 0.595. The fourth-order valence-electron chi connectivity index (χ4n) is 8.14. The van der Waals surface area contributed by atoms with Gasteiger partial charge in [-0.15, -0.1) is 0 Å². The number of nitrogens with one attached hydrogen (secondary N) is 1. The van der Waals surface area contributed by atoms with Crippen LogP contribution in [0.5, 0.6) is 5.75 Å². The van der Waals surface area contributed by atoms with Crippen LogP contribution in [0.25, 0.3) is 0 Å². The van der Waals surface area contributed by atoms with Gasteiger partial charge in [0.2, 0.25) is 10.0 Å². The predicted octanol–water partition coefficient (Wildman–Crippen LogP) is 4.60. The van der Waals surface area contributed by atoms with Crippen LogP contribution in [0, 0.1) is 18.8 Å². The summed E-state index contributed by atoms with van der Waals surface area (Å²) >= 11 is 0. The van der Waals surface area contributed by atoms with Gasteiger partial charge in [-0.05, 0) is 99.5 Å². The Labute approximate surface area is 295 Å². The number of likely N-dealkylation sites (tertiary alicyclic amines) is 2. The number of piperidine rings is 3. The number of urea groups is 1. The molecule has 3 saturated heterocycles. The molecule has 1 atom stereocenters.